The molecule has 0 saturated heterocycles. The molecular formula is C19H21NO5. The lowest BCUT2D eigenvalue weighted by Crippen LogP contribution is -2.30. The van der Waals surface area contributed by atoms with Gasteiger partial charge in [-0.2, -0.15) is 0 Å². The molecule has 1 N–H and O–H groups in total. The summed E-state index contributed by atoms with van der Waals surface area (Å²) in [5.41, 5.74) is 0.915. The van der Waals surface area contributed by atoms with Gasteiger partial charge >= 0.3 is 5.97 Å². The fourth-order valence-corrected chi connectivity index (χ4v) is 2.08. The highest BCUT2D eigenvalue weighted by Crippen LogP contribution is 2.17. The molecule has 6 heteroatoms. The molecule has 0 saturated carbocycles. The van der Waals surface area contributed by atoms with Crippen LogP contribution in [0.5, 0.6) is 11.5 Å². The molecule has 0 aliphatic heterocycles. The molecule has 2 aromatic rings. The van der Waals surface area contributed by atoms with Crippen molar-refractivity contribution in [3.05, 3.63) is 54.1 Å². The molecule has 1 atom stereocenters. The number of benzene rings is 2. The Hall–Kier alpha value is -3.02. The van der Waals surface area contributed by atoms with Crippen LogP contribution in [0.25, 0.3) is 0 Å². The van der Waals surface area contributed by atoms with Crippen molar-refractivity contribution in [3.8, 4) is 11.5 Å². The third-order valence-electron chi connectivity index (χ3n) is 3.39. The second-order valence-corrected chi connectivity index (χ2v) is 5.23. The Bertz CT molecular complexity index is 727. The number of anilines is 1. The minimum absolute atomic E-state index is 0.320. The average Bonchev–Trinajstić information content (AvgIpc) is 2.63. The molecular weight excluding hydrogens is 322 g/mol. The smallest absolute Gasteiger partial charge is 0.339 e. The van der Waals surface area contributed by atoms with E-state index in [2.05, 4.69) is 5.32 Å². The zero-order valence-electron chi connectivity index (χ0n) is 14.4. The van der Waals surface area contributed by atoms with Crippen molar-refractivity contribution in [3.63, 3.8) is 0 Å². The van der Waals surface area contributed by atoms with E-state index in [1.54, 1.807) is 48.5 Å². The third-order valence-corrected chi connectivity index (χ3v) is 3.39. The van der Waals surface area contributed by atoms with Gasteiger partial charge in [-0.15, -0.1) is 0 Å². The summed E-state index contributed by atoms with van der Waals surface area (Å²) < 4.78 is 15.6. The minimum Gasteiger partial charge on any atom is -0.497 e. The summed E-state index contributed by atoms with van der Waals surface area (Å²) >= 11 is 0. The number of nitrogens with one attached hydrogen (secondary N) is 1. The normalized spacial score (nSPS) is 11.3. The van der Waals surface area contributed by atoms with Crippen molar-refractivity contribution < 1.29 is 23.8 Å². The molecule has 0 heterocycles. The molecule has 2 aromatic carbocycles. The third kappa shape index (κ3) is 5.24. The Morgan fingerprint density at radius 1 is 1.08 bits per heavy atom. The van der Waals surface area contributed by atoms with Crippen molar-refractivity contribution >= 4 is 17.6 Å². The number of rotatable bonds is 7. The fraction of sp³-hybridized carbons (Fsp3) is 0.263. The summed E-state index contributed by atoms with van der Waals surface area (Å²) in [6.45, 7) is 3.99. The molecule has 1 amide bonds. The Balaban J connectivity index is 1.93. The molecule has 0 fully saturated rings. The maximum Gasteiger partial charge on any atom is 0.339 e. The van der Waals surface area contributed by atoms with Crippen LogP contribution in [0.2, 0.25) is 0 Å². The zero-order chi connectivity index (χ0) is 18.2. The van der Waals surface area contributed by atoms with E-state index in [0.717, 1.165) is 5.75 Å². The van der Waals surface area contributed by atoms with Crippen molar-refractivity contribution in [1.82, 2.24) is 0 Å². The first kappa shape index (κ1) is 18.3. The molecule has 6 nitrogen and oxygen atoms in total. The van der Waals surface area contributed by atoms with Gasteiger partial charge in [-0.3, -0.25) is 4.79 Å². The number of carbonyl (C=O) groups excluding carboxylic acids is 2. The van der Waals surface area contributed by atoms with E-state index < -0.39 is 18.0 Å². The number of amides is 1. The standard InChI is InChI=1S/C19H21NO5/c1-4-24-16-10-8-15(9-11-16)20-18(21)13(2)25-19(22)14-6-5-7-17(12-14)23-3/h5-13H,4H2,1-3H3,(H,20,21). The van der Waals surface area contributed by atoms with E-state index in [1.807, 2.05) is 6.92 Å². The van der Waals surface area contributed by atoms with E-state index in [4.69, 9.17) is 14.2 Å². The van der Waals surface area contributed by atoms with Gasteiger partial charge in [0.05, 0.1) is 19.3 Å². The lowest BCUT2D eigenvalue weighted by Gasteiger charge is -2.14. The van der Waals surface area contributed by atoms with Gasteiger partial charge in [0.15, 0.2) is 6.10 Å². The van der Waals surface area contributed by atoms with Crippen LogP contribution < -0.4 is 14.8 Å². The first-order valence-electron chi connectivity index (χ1n) is 7.92. The largest absolute Gasteiger partial charge is 0.497 e. The van der Waals surface area contributed by atoms with Crippen LogP contribution in [0.1, 0.15) is 24.2 Å². The maximum absolute atomic E-state index is 12.2. The summed E-state index contributed by atoms with van der Waals surface area (Å²) in [7, 11) is 1.51. The van der Waals surface area contributed by atoms with E-state index in [1.165, 1.54) is 14.0 Å². The van der Waals surface area contributed by atoms with Crippen molar-refractivity contribution in [2.24, 2.45) is 0 Å². The second-order valence-electron chi connectivity index (χ2n) is 5.23. The van der Waals surface area contributed by atoms with Gasteiger partial charge in [0.25, 0.3) is 5.91 Å². The van der Waals surface area contributed by atoms with Crippen molar-refractivity contribution in [2.45, 2.75) is 20.0 Å². The number of hydrogen-bond acceptors (Lipinski definition) is 5. The van der Waals surface area contributed by atoms with Crippen LogP contribution in [-0.2, 0) is 9.53 Å². The van der Waals surface area contributed by atoms with E-state index >= 15 is 0 Å². The number of methoxy groups -OCH3 is 1. The quantitative estimate of drug-likeness (QED) is 0.781. The lowest BCUT2D eigenvalue weighted by atomic mass is 10.2. The molecule has 0 bridgehead atoms. The number of esters is 1. The van der Waals surface area contributed by atoms with E-state index in [-0.39, 0.29) is 0 Å². The van der Waals surface area contributed by atoms with Gasteiger partial charge in [-0.25, -0.2) is 4.79 Å². The molecule has 132 valence electrons. The highest BCUT2D eigenvalue weighted by molar-refractivity contribution is 5.97. The summed E-state index contributed by atoms with van der Waals surface area (Å²) in [5, 5.41) is 2.69. The number of carbonyl (C=O) groups is 2. The molecule has 25 heavy (non-hydrogen) atoms. The first-order chi connectivity index (χ1) is 12.0. The highest BCUT2D eigenvalue weighted by Gasteiger charge is 2.19. The average molecular weight is 343 g/mol. The molecule has 0 aliphatic rings. The van der Waals surface area contributed by atoms with Crippen LogP contribution in [-0.4, -0.2) is 31.7 Å². The zero-order valence-corrected chi connectivity index (χ0v) is 14.4. The molecule has 0 aromatic heterocycles. The van der Waals surface area contributed by atoms with E-state index in [0.29, 0.717) is 23.6 Å². The Labute approximate surface area is 146 Å². The van der Waals surface area contributed by atoms with Gasteiger partial charge in [0.2, 0.25) is 0 Å². The van der Waals surface area contributed by atoms with Crippen LogP contribution in [0.15, 0.2) is 48.5 Å². The summed E-state index contributed by atoms with van der Waals surface area (Å²) in [6.07, 6.45) is -0.940. The van der Waals surface area contributed by atoms with Gasteiger partial charge in [-0.05, 0) is 56.3 Å². The Morgan fingerprint density at radius 3 is 2.44 bits per heavy atom. The van der Waals surface area contributed by atoms with Gasteiger partial charge in [-0.1, -0.05) is 6.07 Å². The first-order valence-corrected chi connectivity index (χ1v) is 7.92. The summed E-state index contributed by atoms with van der Waals surface area (Å²) in [5.74, 6) is 0.257. The van der Waals surface area contributed by atoms with E-state index in [9.17, 15) is 9.59 Å². The number of ether oxygens (including phenoxy) is 3. The summed E-state index contributed by atoms with van der Waals surface area (Å²) in [6, 6.07) is 13.5. The Kier molecular flexibility index (Phi) is 6.39. The van der Waals surface area contributed by atoms with Crippen molar-refractivity contribution in [1.29, 1.82) is 0 Å². The van der Waals surface area contributed by atoms with Gasteiger partial charge < -0.3 is 19.5 Å². The van der Waals surface area contributed by atoms with Crippen molar-refractivity contribution in [2.75, 3.05) is 19.0 Å². The topological polar surface area (TPSA) is 73.9 Å². The monoisotopic (exact) mass is 343 g/mol. The predicted octanol–water partition coefficient (Wildman–Crippen LogP) is 3.28. The van der Waals surface area contributed by atoms with Crippen LogP contribution in [0, 0.1) is 0 Å². The lowest BCUT2D eigenvalue weighted by molar-refractivity contribution is -0.123. The number of hydrogen-bond donors (Lipinski definition) is 1. The molecule has 0 radical (unpaired) electrons. The maximum atomic E-state index is 12.2. The molecule has 1 unspecified atom stereocenters. The summed E-state index contributed by atoms with van der Waals surface area (Å²) in [4.78, 5) is 24.3. The fourth-order valence-electron chi connectivity index (χ4n) is 2.08. The minimum atomic E-state index is -0.940. The van der Waals surface area contributed by atoms with Crippen LogP contribution >= 0.6 is 0 Å². The molecule has 2 rings (SSSR count). The van der Waals surface area contributed by atoms with Gasteiger partial charge in [0.1, 0.15) is 11.5 Å². The Morgan fingerprint density at radius 2 is 1.80 bits per heavy atom. The molecule has 0 spiro atoms. The second kappa shape index (κ2) is 8.73. The SMILES string of the molecule is CCOc1ccc(NC(=O)C(C)OC(=O)c2cccc(OC)c2)cc1. The van der Waals surface area contributed by atoms with Gasteiger partial charge in [0, 0.05) is 5.69 Å². The van der Waals surface area contributed by atoms with Crippen LogP contribution in [0.4, 0.5) is 5.69 Å². The highest BCUT2D eigenvalue weighted by atomic mass is 16.5. The molecule has 0 aliphatic carbocycles. The predicted molar refractivity (Wildman–Crippen MR) is 94.1 cm³/mol. The van der Waals surface area contributed by atoms with Crippen LogP contribution in [0.3, 0.4) is 0 Å².